The number of nitrogens with zero attached hydrogens (tertiary/aromatic N) is 2. The standard InChI is InChI=1S/C29H34ClN3O4S/c1-5-26(29(35)31-6-2)32(19-23-13-11-10-12-21(23)3)28(34)20-33(27-18-24(30)17-16-22(27)4)38(36,37)25-14-8-7-9-15-25/h7-18,26H,5-6,19-20H2,1-4H3,(H,31,35)/t26-/m1/s1. The van der Waals surface area contributed by atoms with Crippen LogP contribution < -0.4 is 9.62 Å². The Bertz CT molecular complexity index is 1380. The van der Waals surface area contributed by atoms with Gasteiger partial charge in [-0.3, -0.25) is 13.9 Å². The van der Waals surface area contributed by atoms with Crippen molar-refractivity contribution in [2.75, 3.05) is 17.4 Å². The molecule has 0 spiro atoms. The van der Waals surface area contributed by atoms with E-state index in [9.17, 15) is 18.0 Å². The van der Waals surface area contributed by atoms with Crippen LogP contribution in [0, 0.1) is 13.8 Å². The summed E-state index contributed by atoms with van der Waals surface area (Å²) in [7, 11) is -4.14. The number of carbonyl (C=O) groups is 2. The molecule has 202 valence electrons. The second-order valence-electron chi connectivity index (χ2n) is 9.02. The number of nitrogens with one attached hydrogen (secondary N) is 1. The second kappa shape index (κ2) is 12.9. The van der Waals surface area contributed by atoms with Crippen LogP contribution in [-0.2, 0) is 26.2 Å². The zero-order chi connectivity index (χ0) is 27.9. The summed E-state index contributed by atoms with van der Waals surface area (Å²) in [6.45, 7) is 7.42. The Kier molecular flexibility index (Phi) is 9.94. The van der Waals surface area contributed by atoms with Crippen LogP contribution >= 0.6 is 11.6 Å². The van der Waals surface area contributed by atoms with Crippen LogP contribution in [0.3, 0.4) is 0 Å². The summed E-state index contributed by atoms with van der Waals surface area (Å²) >= 11 is 6.26. The predicted molar refractivity (Wildman–Crippen MR) is 152 cm³/mol. The van der Waals surface area contributed by atoms with Gasteiger partial charge in [0.2, 0.25) is 11.8 Å². The number of amides is 2. The first-order chi connectivity index (χ1) is 18.1. The van der Waals surface area contributed by atoms with E-state index in [0.717, 1.165) is 15.4 Å². The Morgan fingerprint density at radius 1 is 0.921 bits per heavy atom. The number of halogens is 1. The average molecular weight is 556 g/mol. The fraction of sp³-hybridized carbons (Fsp3) is 0.310. The molecule has 0 saturated heterocycles. The summed E-state index contributed by atoms with van der Waals surface area (Å²) in [6, 6.07) is 19.7. The molecule has 0 aliphatic rings. The molecule has 2 amide bonds. The van der Waals surface area contributed by atoms with Gasteiger partial charge in [0.1, 0.15) is 12.6 Å². The topological polar surface area (TPSA) is 86.8 Å². The summed E-state index contributed by atoms with van der Waals surface area (Å²) < 4.78 is 28.8. The molecular formula is C29H34ClN3O4S. The third-order valence-electron chi connectivity index (χ3n) is 6.39. The third kappa shape index (κ3) is 6.74. The van der Waals surface area contributed by atoms with Gasteiger partial charge in [-0.05, 0) is 68.1 Å². The molecule has 38 heavy (non-hydrogen) atoms. The number of sulfonamides is 1. The highest BCUT2D eigenvalue weighted by Crippen LogP contribution is 2.30. The van der Waals surface area contributed by atoms with Gasteiger partial charge in [-0.1, -0.05) is 67.1 Å². The van der Waals surface area contributed by atoms with E-state index in [1.165, 1.54) is 23.1 Å². The molecule has 0 radical (unpaired) electrons. The maximum Gasteiger partial charge on any atom is 0.264 e. The minimum absolute atomic E-state index is 0.0494. The fourth-order valence-electron chi connectivity index (χ4n) is 4.27. The quantitative estimate of drug-likeness (QED) is 0.357. The van der Waals surface area contributed by atoms with Gasteiger partial charge in [-0.25, -0.2) is 8.42 Å². The molecule has 0 bridgehead atoms. The van der Waals surface area contributed by atoms with Crippen LogP contribution in [0.4, 0.5) is 5.69 Å². The lowest BCUT2D eigenvalue weighted by Crippen LogP contribution is -2.52. The maximum atomic E-state index is 14.0. The molecule has 0 aromatic heterocycles. The molecule has 3 rings (SSSR count). The Labute approximate surface area is 230 Å². The lowest BCUT2D eigenvalue weighted by atomic mass is 10.1. The van der Waals surface area contributed by atoms with E-state index in [-0.39, 0.29) is 17.3 Å². The Hall–Kier alpha value is -3.36. The maximum absolute atomic E-state index is 14.0. The molecule has 9 heteroatoms. The molecule has 0 aliphatic heterocycles. The van der Waals surface area contributed by atoms with Gasteiger partial charge in [0.25, 0.3) is 10.0 Å². The van der Waals surface area contributed by atoms with Crippen molar-refractivity contribution in [3.63, 3.8) is 0 Å². The highest BCUT2D eigenvalue weighted by Gasteiger charge is 2.34. The predicted octanol–water partition coefficient (Wildman–Crippen LogP) is 5.10. The number of benzene rings is 3. The highest BCUT2D eigenvalue weighted by atomic mass is 35.5. The summed E-state index contributed by atoms with van der Waals surface area (Å²) in [5.41, 5.74) is 2.79. The van der Waals surface area contributed by atoms with Crippen LogP contribution in [-0.4, -0.2) is 44.3 Å². The van der Waals surface area contributed by atoms with Crippen molar-refractivity contribution in [3.8, 4) is 0 Å². The van der Waals surface area contributed by atoms with Crippen LogP contribution in [0.1, 0.15) is 37.0 Å². The molecule has 7 nitrogen and oxygen atoms in total. The van der Waals surface area contributed by atoms with Gasteiger partial charge in [0.05, 0.1) is 10.6 Å². The van der Waals surface area contributed by atoms with Crippen molar-refractivity contribution in [2.24, 2.45) is 0 Å². The van der Waals surface area contributed by atoms with Crippen molar-refractivity contribution in [1.82, 2.24) is 10.2 Å². The normalized spacial score (nSPS) is 12.0. The first-order valence-corrected chi connectivity index (χ1v) is 14.4. The van der Waals surface area contributed by atoms with Crippen LogP contribution in [0.5, 0.6) is 0 Å². The monoisotopic (exact) mass is 555 g/mol. The van der Waals surface area contributed by atoms with E-state index in [0.29, 0.717) is 29.2 Å². The molecule has 0 aliphatic carbocycles. The number of aryl methyl sites for hydroxylation is 2. The molecule has 1 atom stereocenters. The first kappa shape index (κ1) is 29.2. The molecule has 0 unspecified atom stereocenters. The number of likely N-dealkylation sites (N-methyl/N-ethyl adjacent to an activating group) is 1. The van der Waals surface area contributed by atoms with Crippen molar-refractivity contribution in [1.29, 1.82) is 0 Å². The highest BCUT2D eigenvalue weighted by molar-refractivity contribution is 7.92. The van der Waals surface area contributed by atoms with Crippen molar-refractivity contribution < 1.29 is 18.0 Å². The summed E-state index contributed by atoms with van der Waals surface area (Å²) in [6.07, 6.45) is 0.366. The van der Waals surface area contributed by atoms with Gasteiger partial charge >= 0.3 is 0 Å². The SMILES string of the molecule is CCNC(=O)[C@@H](CC)N(Cc1ccccc1C)C(=O)CN(c1cc(Cl)ccc1C)S(=O)(=O)c1ccccc1. The fourth-order valence-corrected chi connectivity index (χ4v) is 5.92. The largest absolute Gasteiger partial charge is 0.355 e. The van der Waals surface area contributed by atoms with Crippen molar-refractivity contribution in [3.05, 3.63) is 94.5 Å². The van der Waals surface area contributed by atoms with Crippen LogP contribution in [0.25, 0.3) is 0 Å². The van der Waals surface area contributed by atoms with Crippen molar-refractivity contribution in [2.45, 2.75) is 51.6 Å². The van der Waals surface area contributed by atoms with E-state index >= 15 is 0 Å². The number of anilines is 1. The van der Waals surface area contributed by atoms with E-state index in [4.69, 9.17) is 11.6 Å². The molecule has 3 aromatic carbocycles. The van der Waals surface area contributed by atoms with Gasteiger partial charge in [0.15, 0.2) is 0 Å². The minimum Gasteiger partial charge on any atom is -0.355 e. The van der Waals surface area contributed by atoms with E-state index in [1.54, 1.807) is 37.3 Å². The first-order valence-electron chi connectivity index (χ1n) is 12.6. The molecule has 3 aromatic rings. The van der Waals surface area contributed by atoms with Crippen LogP contribution in [0.2, 0.25) is 5.02 Å². The van der Waals surface area contributed by atoms with Gasteiger partial charge in [-0.2, -0.15) is 0 Å². The molecular weight excluding hydrogens is 522 g/mol. The molecule has 0 saturated carbocycles. The van der Waals surface area contributed by atoms with Gasteiger partial charge in [-0.15, -0.1) is 0 Å². The Balaban J connectivity index is 2.11. The van der Waals surface area contributed by atoms with Crippen LogP contribution in [0.15, 0.2) is 77.7 Å². The summed E-state index contributed by atoms with van der Waals surface area (Å²) in [4.78, 5) is 28.6. The smallest absolute Gasteiger partial charge is 0.264 e. The lowest BCUT2D eigenvalue weighted by molar-refractivity contribution is -0.140. The van der Waals surface area contributed by atoms with E-state index in [2.05, 4.69) is 5.32 Å². The third-order valence-corrected chi connectivity index (χ3v) is 8.40. The zero-order valence-electron chi connectivity index (χ0n) is 22.1. The number of carbonyl (C=O) groups excluding carboxylic acids is 2. The summed E-state index contributed by atoms with van der Waals surface area (Å²) in [5, 5.41) is 3.15. The number of hydrogen-bond acceptors (Lipinski definition) is 4. The number of hydrogen-bond donors (Lipinski definition) is 1. The number of rotatable bonds is 11. The molecule has 1 N–H and O–H groups in total. The Morgan fingerprint density at radius 3 is 2.21 bits per heavy atom. The van der Waals surface area contributed by atoms with E-state index < -0.39 is 28.5 Å². The minimum atomic E-state index is -4.14. The zero-order valence-corrected chi connectivity index (χ0v) is 23.7. The summed E-state index contributed by atoms with van der Waals surface area (Å²) in [5.74, 6) is -0.779. The second-order valence-corrected chi connectivity index (χ2v) is 11.3. The van der Waals surface area contributed by atoms with Gasteiger partial charge < -0.3 is 10.2 Å². The van der Waals surface area contributed by atoms with E-state index in [1.807, 2.05) is 45.0 Å². The Morgan fingerprint density at radius 2 is 1.58 bits per heavy atom. The average Bonchev–Trinajstić information content (AvgIpc) is 2.90. The molecule has 0 fully saturated rings. The van der Waals surface area contributed by atoms with Crippen molar-refractivity contribution >= 4 is 39.1 Å². The van der Waals surface area contributed by atoms with Gasteiger partial charge in [0, 0.05) is 18.1 Å². The molecule has 0 heterocycles. The lowest BCUT2D eigenvalue weighted by Gasteiger charge is -2.33.